The van der Waals surface area contributed by atoms with Crippen molar-refractivity contribution in [2.45, 2.75) is 26.2 Å². The van der Waals surface area contributed by atoms with Crippen LogP contribution in [0.1, 0.15) is 26.2 Å². The SMILES string of the molecule is CCCCC(=O)Nc1cccc(N2COCC(C(=O)OC)=C2C(=O)OC)c1. The Hall–Kier alpha value is -2.87. The van der Waals surface area contributed by atoms with Crippen LogP contribution in [0.5, 0.6) is 0 Å². The minimum Gasteiger partial charge on any atom is -0.466 e. The van der Waals surface area contributed by atoms with Crippen LogP contribution >= 0.6 is 0 Å². The van der Waals surface area contributed by atoms with E-state index in [0.29, 0.717) is 17.8 Å². The highest BCUT2D eigenvalue weighted by atomic mass is 16.5. The molecule has 0 aromatic heterocycles. The van der Waals surface area contributed by atoms with Crippen LogP contribution in [0, 0.1) is 0 Å². The number of esters is 2. The fraction of sp³-hybridized carbons (Fsp3) is 0.421. The third-order valence-electron chi connectivity index (χ3n) is 4.03. The van der Waals surface area contributed by atoms with Gasteiger partial charge in [-0.3, -0.25) is 4.79 Å². The highest BCUT2D eigenvalue weighted by Gasteiger charge is 2.32. The minimum absolute atomic E-state index is 0.0537. The molecule has 1 amide bonds. The minimum atomic E-state index is -0.670. The van der Waals surface area contributed by atoms with Crippen LogP contribution in [0.3, 0.4) is 0 Å². The van der Waals surface area contributed by atoms with Gasteiger partial charge >= 0.3 is 11.9 Å². The fourth-order valence-corrected chi connectivity index (χ4v) is 2.66. The van der Waals surface area contributed by atoms with E-state index in [4.69, 9.17) is 14.2 Å². The monoisotopic (exact) mass is 376 g/mol. The van der Waals surface area contributed by atoms with E-state index in [1.807, 2.05) is 6.92 Å². The Morgan fingerprint density at radius 1 is 1.19 bits per heavy atom. The number of hydrogen-bond donors (Lipinski definition) is 1. The Balaban J connectivity index is 2.34. The second-order valence-electron chi connectivity index (χ2n) is 5.92. The lowest BCUT2D eigenvalue weighted by Gasteiger charge is -2.31. The third kappa shape index (κ3) is 5.07. The van der Waals surface area contributed by atoms with Crippen molar-refractivity contribution in [3.63, 3.8) is 0 Å². The smallest absolute Gasteiger partial charge is 0.355 e. The highest BCUT2D eigenvalue weighted by molar-refractivity contribution is 6.03. The van der Waals surface area contributed by atoms with Crippen molar-refractivity contribution in [1.82, 2.24) is 0 Å². The number of carbonyl (C=O) groups excluding carboxylic acids is 3. The first kappa shape index (κ1) is 20.4. The zero-order chi connectivity index (χ0) is 19.8. The van der Waals surface area contributed by atoms with Crippen LogP contribution < -0.4 is 10.2 Å². The molecule has 1 aromatic rings. The lowest BCUT2D eigenvalue weighted by Crippen LogP contribution is -2.38. The Morgan fingerprint density at radius 3 is 2.59 bits per heavy atom. The molecule has 0 bridgehead atoms. The normalized spacial score (nSPS) is 14.0. The molecule has 0 radical (unpaired) electrons. The van der Waals surface area contributed by atoms with Crippen molar-refractivity contribution >= 4 is 29.2 Å². The molecule has 0 saturated carbocycles. The summed E-state index contributed by atoms with van der Waals surface area (Å²) in [4.78, 5) is 37.8. The second kappa shape index (κ2) is 9.72. The number of amides is 1. The van der Waals surface area contributed by atoms with E-state index in [-0.39, 0.29) is 30.5 Å². The fourth-order valence-electron chi connectivity index (χ4n) is 2.66. The van der Waals surface area contributed by atoms with E-state index < -0.39 is 11.9 Å². The molecular formula is C19H24N2O6. The molecule has 146 valence electrons. The summed E-state index contributed by atoms with van der Waals surface area (Å²) in [6, 6.07) is 6.94. The van der Waals surface area contributed by atoms with Crippen molar-refractivity contribution in [3.05, 3.63) is 35.5 Å². The van der Waals surface area contributed by atoms with E-state index in [1.54, 1.807) is 24.3 Å². The average molecular weight is 376 g/mol. The van der Waals surface area contributed by atoms with Crippen LogP contribution in [0.15, 0.2) is 35.5 Å². The summed E-state index contributed by atoms with van der Waals surface area (Å²) in [5.74, 6) is -1.41. The van der Waals surface area contributed by atoms with Gasteiger partial charge in [-0.05, 0) is 24.6 Å². The van der Waals surface area contributed by atoms with Gasteiger partial charge < -0.3 is 24.4 Å². The van der Waals surface area contributed by atoms with Crippen LogP contribution in [-0.2, 0) is 28.6 Å². The molecule has 1 aliphatic heterocycles. The van der Waals surface area contributed by atoms with Crippen molar-refractivity contribution in [2.75, 3.05) is 37.8 Å². The van der Waals surface area contributed by atoms with Gasteiger partial charge in [-0.25, -0.2) is 9.59 Å². The van der Waals surface area contributed by atoms with Crippen molar-refractivity contribution in [2.24, 2.45) is 0 Å². The van der Waals surface area contributed by atoms with E-state index >= 15 is 0 Å². The van der Waals surface area contributed by atoms with E-state index in [9.17, 15) is 14.4 Å². The summed E-state index contributed by atoms with van der Waals surface area (Å²) >= 11 is 0. The summed E-state index contributed by atoms with van der Waals surface area (Å²) in [5, 5.41) is 2.83. The van der Waals surface area contributed by atoms with Crippen LogP contribution in [0.2, 0.25) is 0 Å². The molecule has 0 saturated heterocycles. The van der Waals surface area contributed by atoms with E-state index in [1.165, 1.54) is 19.1 Å². The van der Waals surface area contributed by atoms with E-state index in [0.717, 1.165) is 12.8 Å². The Morgan fingerprint density at radius 2 is 1.93 bits per heavy atom. The predicted molar refractivity (Wildman–Crippen MR) is 99.0 cm³/mol. The first-order valence-electron chi connectivity index (χ1n) is 8.66. The van der Waals surface area contributed by atoms with Gasteiger partial charge in [0.25, 0.3) is 0 Å². The summed E-state index contributed by atoms with van der Waals surface area (Å²) in [6.45, 7) is 2.02. The zero-order valence-corrected chi connectivity index (χ0v) is 15.7. The summed E-state index contributed by atoms with van der Waals surface area (Å²) in [5.41, 5.74) is 1.30. The van der Waals surface area contributed by atoms with Gasteiger partial charge in [-0.15, -0.1) is 0 Å². The quantitative estimate of drug-likeness (QED) is 0.729. The summed E-state index contributed by atoms with van der Waals surface area (Å²) in [6.07, 6.45) is 2.18. The molecule has 0 aliphatic carbocycles. The molecule has 1 aromatic carbocycles. The molecule has 0 unspecified atom stereocenters. The molecule has 8 heteroatoms. The number of benzene rings is 1. The number of hydrogen-bond acceptors (Lipinski definition) is 7. The number of carbonyl (C=O) groups is 3. The summed E-state index contributed by atoms with van der Waals surface area (Å²) in [7, 11) is 2.47. The van der Waals surface area contributed by atoms with Crippen molar-refractivity contribution in [3.8, 4) is 0 Å². The number of anilines is 2. The zero-order valence-electron chi connectivity index (χ0n) is 15.7. The maximum absolute atomic E-state index is 12.3. The topological polar surface area (TPSA) is 94.2 Å². The molecule has 8 nitrogen and oxygen atoms in total. The molecule has 0 atom stereocenters. The van der Waals surface area contributed by atoms with Crippen LogP contribution in [-0.4, -0.2) is 45.4 Å². The van der Waals surface area contributed by atoms with Crippen molar-refractivity contribution < 1.29 is 28.6 Å². The Bertz CT molecular complexity index is 743. The molecule has 2 rings (SSSR count). The lowest BCUT2D eigenvalue weighted by molar-refractivity contribution is -0.140. The number of unbranched alkanes of at least 4 members (excludes halogenated alkanes) is 1. The highest BCUT2D eigenvalue weighted by Crippen LogP contribution is 2.28. The molecular weight excluding hydrogens is 352 g/mol. The number of ether oxygens (including phenoxy) is 3. The molecule has 1 heterocycles. The third-order valence-corrected chi connectivity index (χ3v) is 4.03. The van der Waals surface area contributed by atoms with Gasteiger partial charge in [0, 0.05) is 17.8 Å². The van der Waals surface area contributed by atoms with Gasteiger partial charge in [0.15, 0.2) is 0 Å². The van der Waals surface area contributed by atoms with Gasteiger partial charge in [-0.1, -0.05) is 19.4 Å². The predicted octanol–water partition coefficient (Wildman–Crippen LogP) is 2.21. The molecule has 0 fully saturated rings. The first-order valence-corrected chi connectivity index (χ1v) is 8.66. The standard InChI is InChI=1S/C19H24N2O6/c1-4-5-9-16(22)20-13-7-6-8-14(10-13)21-12-27-11-15(18(23)25-2)17(21)19(24)26-3/h6-8,10H,4-5,9,11-12H2,1-3H3,(H,20,22). The van der Waals surface area contributed by atoms with Crippen molar-refractivity contribution in [1.29, 1.82) is 0 Å². The number of nitrogens with one attached hydrogen (secondary N) is 1. The van der Waals surface area contributed by atoms with Crippen LogP contribution in [0.4, 0.5) is 11.4 Å². The molecule has 1 aliphatic rings. The largest absolute Gasteiger partial charge is 0.466 e. The Labute approximate surface area is 158 Å². The lowest BCUT2D eigenvalue weighted by atomic mass is 10.1. The van der Waals surface area contributed by atoms with Gasteiger partial charge in [-0.2, -0.15) is 0 Å². The number of nitrogens with zero attached hydrogens (tertiary/aromatic N) is 1. The first-order chi connectivity index (χ1) is 13.0. The molecule has 27 heavy (non-hydrogen) atoms. The Kier molecular flexibility index (Phi) is 7.36. The van der Waals surface area contributed by atoms with Gasteiger partial charge in [0.1, 0.15) is 12.4 Å². The number of methoxy groups -OCH3 is 2. The summed E-state index contributed by atoms with van der Waals surface area (Å²) < 4.78 is 15.0. The van der Waals surface area contributed by atoms with E-state index in [2.05, 4.69) is 5.32 Å². The van der Waals surface area contributed by atoms with Gasteiger partial charge in [0.2, 0.25) is 5.91 Å². The second-order valence-corrected chi connectivity index (χ2v) is 5.92. The van der Waals surface area contributed by atoms with Crippen LogP contribution in [0.25, 0.3) is 0 Å². The average Bonchev–Trinajstić information content (AvgIpc) is 2.70. The molecule has 1 N–H and O–H groups in total. The molecule has 0 spiro atoms. The maximum Gasteiger partial charge on any atom is 0.355 e. The van der Waals surface area contributed by atoms with Gasteiger partial charge in [0.05, 0.1) is 26.4 Å². The maximum atomic E-state index is 12.3. The number of rotatable bonds is 7.